The molecule has 2 saturated heterocycles. The minimum Gasteiger partial charge on any atom is -0.472 e. The maximum absolute atomic E-state index is 15.0. The minimum atomic E-state index is -1.36. The van der Waals surface area contributed by atoms with Crippen LogP contribution in [0.15, 0.2) is 23.0 Å². The molecule has 2 aliphatic heterocycles. The topological polar surface area (TPSA) is 165 Å². The number of ketones is 1. The second kappa shape index (κ2) is 8.19. The average Bonchev–Trinajstić information content (AvgIpc) is 3.26. The molecule has 7 rings (SSSR count). The molecule has 0 amide bonds. The van der Waals surface area contributed by atoms with Gasteiger partial charge in [0.25, 0.3) is 0 Å². The molecule has 3 heterocycles. The molecule has 11 nitrogen and oxygen atoms in total. The summed E-state index contributed by atoms with van der Waals surface area (Å²) in [4.78, 5) is 39.7. The third-order valence-corrected chi connectivity index (χ3v) is 12.6. The van der Waals surface area contributed by atoms with Crippen LogP contribution in [-0.4, -0.2) is 82.1 Å². The van der Waals surface area contributed by atoms with E-state index in [0.29, 0.717) is 6.42 Å². The number of ether oxygens (including phenoxy) is 4. The molecule has 4 saturated carbocycles. The van der Waals surface area contributed by atoms with E-state index in [4.69, 9.17) is 23.4 Å². The summed E-state index contributed by atoms with van der Waals surface area (Å²) in [6.07, 6.45) is -2.27. The third-order valence-electron chi connectivity index (χ3n) is 12.6. The van der Waals surface area contributed by atoms with Crippen LogP contribution in [-0.2, 0) is 33.3 Å². The maximum Gasteiger partial charge on any atom is 0.303 e. The van der Waals surface area contributed by atoms with E-state index in [-0.39, 0.29) is 31.5 Å². The van der Waals surface area contributed by atoms with Gasteiger partial charge in [-0.1, -0.05) is 20.8 Å². The minimum absolute atomic E-state index is 0.0205. The van der Waals surface area contributed by atoms with Gasteiger partial charge >= 0.3 is 11.9 Å². The number of epoxide rings is 1. The zero-order valence-electron chi connectivity index (χ0n) is 23.9. The van der Waals surface area contributed by atoms with Crippen molar-refractivity contribution in [2.45, 2.75) is 102 Å². The summed E-state index contributed by atoms with van der Waals surface area (Å²) in [5.74, 6) is -3.56. The molecule has 7 unspecified atom stereocenters. The highest BCUT2D eigenvalue weighted by molar-refractivity contribution is 5.93. The standard InChI is InChI=1S/C30H38O11/c1-13(31)39-20-10-19(34)29-12-38-25(36)26(20,3)17(29)9-18(33)28(5)23(29)22(35)24(40-14(2)32)27(4)16(15-6-7-37-11-15)8-21-30(27,28)41-21/h6-7,11,16-21,23-25,33-34,36H,8-10,12H2,1-5H3/t16-,17?,18+,19-,20+,21?,23?,24-,25?,26-,27+,28?,29?,30?/m0/s1. The van der Waals surface area contributed by atoms with Gasteiger partial charge in [0.05, 0.1) is 48.3 Å². The molecular formula is C30H38O11. The Labute approximate surface area is 237 Å². The summed E-state index contributed by atoms with van der Waals surface area (Å²) in [6, 6.07) is 1.84. The molecule has 1 aromatic rings. The van der Waals surface area contributed by atoms with E-state index in [1.165, 1.54) is 13.8 Å². The van der Waals surface area contributed by atoms with Gasteiger partial charge in [-0.15, -0.1) is 0 Å². The number of hydrogen-bond acceptors (Lipinski definition) is 11. The molecule has 0 aromatic carbocycles. The molecule has 41 heavy (non-hydrogen) atoms. The number of carbonyl (C=O) groups is 3. The molecule has 1 spiro atoms. The molecule has 11 heteroatoms. The highest BCUT2D eigenvalue weighted by Gasteiger charge is 2.92. The molecule has 2 bridgehead atoms. The van der Waals surface area contributed by atoms with Crippen molar-refractivity contribution in [2.24, 2.45) is 33.5 Å². The normalized spacial score (nSPS) is 54.7. The van der Waals surface area contributed by atoms with E-state index in [9.17, 15) is 24.9 Å². The number of aliphatic hydroxyl groups excluding tert-OH is 3. The van der Waals surface area contributed by atoms with Gasteiger partial charge in [-0.2, -0.15) is 0 Å². The van der Waals surface area contributed by atoms with Gasteiger partial charge in [-0.25, -0.2) is 0 Å². The Morgan fingerprint density at radius 2 is 1.68 bits per heavy atom. The smallest absolute Gasteiger partial charge is 0.303 e. The van der Waals surface area contributed by atoms with Crippen LogP contribution in [0.2, 0.25) is 0 Å². The van der Waals surface area contributed by atoms with Crippen LogP contribution in [0.4, 0.5) is 0 Å². The number of furan rings is 1. The Morgan fingerprint density at radius 1 is 0.976 bits per heavy atom. The zero-order chi connectivity index (χ0) is 29.5. The number of hydrogen-bond donors (Lipinski definition) is 3. The quantitative estimate of drug-likeness (QED) is 0.354. The van der Waals surface area contributed by atoms with Gasteiger partial charge in [-0.3, -0.25) is 14.4 Å². The van der Waals surface area contributed by atoms with Crippen LogP contribution in [0.1, 0.15) is 65.4 Å². The van der Waals surface area contributed by atoms with Crippen LogP contribution < -0.4 is 0 Å². The van der Waals surface area contributed by atoms with Crippen LogP contribution in [0.3, 0.4) is 0 Å². The Morgan fingerprint density at radius 3 is 2.32 bits per heavy atom. The van der Waals surface area contributed by atoms with Crippen molar-refractivity contribution < 1.29 is 53.1 Å². The van der Waals surface area contributed by atoms with Crippen LogP contribution in [0.5, 0.6) is 0 Å². The SMILES string of the molecule is CC(=O)O[C@@H]1C[C@H](O)C23COC(O)[C@@]1(C)C2C[C@@H](O)C1(C)C3C(=O)[C@H](OC(C)=O)[C@@]2(C)[C@H](c3ccoc3)CC3OC312. The molecular weight excluding hydrogens is 536 g/mol. The predicted molar refractivity (Wildman–Crippen MR) is 137 cm³/mol. The highest BCUT2D eigenvalue weighted by atomic mass is 16.6. The Bertz CT molecular complexity index is 1310. The monoisotopic (exact) mass is 574 g/mol. The van der Waals surface area contributed by atoms with Gasteiger partial charge in [0.2, 0.25) is 0 Å². The summed E-state index contributed by atoms with van der Waals surface area (Å²) in [7, 11) is 0. The van der Waals surface area contributed by atoms with Crippen molar-refractivity contribution in [3.05, 3.63) is 24.2 Å². The van der Waals surface area contributed by atoms with Gasteiger partial charge in [0.1, 0.15) is 11.7 Å². The summed E-state index contributed by atoms with van der Waals surface area (Å²) in [6.45, 7) is 7.85. The second-order valence-corrected chi connectivity index (χ2v) is 13.9. The van der Waals surface area contributed by atoms with E-state index >= 15 is 4.79 Å². The van der Waals surface area contributed by atoms with Crippen LogP contribution in [0, 0.1) is 33.5 Å². The van der Waals surface area contributed by atoms with E-state index in [0.717, 1.165) is 5.56 Å². The fourth-order valence-corrected chi connectivity index (χ4v) is 11.0. The molecule has 224 valence electrons. The number of Topliss-reactive ketones (excluding diaryl/α,β-unsaturated/α-hetero) is 1. The number of carbonyl (C=O) groups excluding carboxylic acids is 3. The molecule has 0 radical (unpaired) electrons. The Kier molecular flexibility index (Phi) is 5.50. The van der Waals surface area contributed by atoms with Crippen molar-refractivity contribution in [2.75, 3.05) is 6.61 Å². The van der Waals surface area contributed by atoms with Crippen LogP contribution >= 0.6 is 0 Å². The van der Waals surface area contributed by atoms with Crippen molar-refractivity contribution in [1.82, 2.24) is 0 Å². The van der Waals surface area contributed by atoms with Crippen molar-refractivity contribution in [3.63, 3.8) is 0 Å². The fourth-order valence-electron chi connectivity index (χ4n) is 11.0. The Balaban J connectivity index is 1.44. The zero-order valence-corrected chi connectivity index (χ0v) is 23.9. The van der Waals surface area contributed by atoms with Crippen molar-refractivity contribution in [1.29, 1.82) is 0 Å². The first kappa shape index (κ1) is 27.5. The molecule has 6 fully saturated rings. The van der Waals surface area contributed by atoms with E-state index in [1.807, 2.05) is 19.9 Å². The lowest BCUT2D eigenvalue weighted by molar-refractivity contribution is -0.373. The van der Waals surface area contributed by atoms with Gasteiger partial charge in [0.15, 0.2) is 18.2 Å². The first-order valence-electron chi connectivity index (χ1n) is 14.5. The van der Waals surface area contributed by atoms with E-state index in [1.54, 1.807) is 19.5 Å². The first-order chi connectivity index (χ1) is 19.2. The number of aliphatic hydroxyl groups is 3. The van der Waals surface area contributed by atoms with Gasteiger partial charge in [-0.05, 0) is 30.4 Å². The maximum atomic E-state index is 15.0. The highest BCUT2D eigenvalue weighted by Crippen LogP contribution is 2.82. The lowest BCUT2D eigenvalue weighted by atomic mass is 9.33. The molecule has 3 N–H and O–H groups in total. The summed E-state index contributed by atoms with van der Waals surface area (Å²) < 4.78 is 29.5. The molecule has 4 aliphatic carbocycles. The third kappa shape index (κ3) is 2.85. The fraction of sp³-hybridized carbons (Fsp3) is 0.767. The predicted octanol–water partition coefficient (Wildman–Crippen LogP) is 1.47. The van der Waals surface area contributed by atoms with Gasteiger partial charge in [0, 0.05) is 42.9 Å². The number of esters is 2. The first-order valence-corrected chi connectivity index (χ1v) is 14.5. The van der Waals surface area contributed by atoms with Gasteiger partial charge < -0.3 is 38.7 Å². The van der Waals surface area contributed by atoms with Crippen LogP contribution in [0.25, 0.3) is 0 Å². The summed E-state index contributed by atoms with van der Waals surface area (Å²) >= 11 is 0. The largest absolute Gasteiger partial charge is 0.472 e. The number of fused-ring (bicyclic) bond motifs is 1. The molecule has 1 aromatic heterocycles. The van der Waals surface area contributed by atoms with E-state index in [2.05, 4.69) is 0 Å². The summed E-state index contributed by atoms with van der Waals surface area (Å²) in [5.41, 5.74) is -4.93. The lowest BCUT2D eigenvalue weighted by Gasteiger charge is -2.73. The molecule has 14 atom stereocenters. The van der Waals surface area contributed by atoms with E-state index < -0.39 is 87.5 Å². The van der Waals surface area contributed by atoms with Crippen molar-refractivity contribution >= 4 is 17.7 Å². The Hall–Kier alpha value is -2.31. The average molecular weight is 575 g/mol. The molecule has 6 aliphatic rings. The lowest BCUT2D eigenvalue weighted by Crippen LogP contribution is -2.82. The second-order valence-electron chi connectivity index (χ2n) is 13.9. The number of rotatable bonds is 3. The summed E-state index contributed by atoms with van der Waals surface area (Å²) in [5, 5.41) is 35.4. The van der Waals surface area contributed by atoms with Crippen molar-refractivity contribution in [3.8, 4) is 0 Å².